The van der Waals surface area contributed by atoms with E-state index in [1.54, 1.807) is 25.1 Å². The standard InChI is InChI=1S/C18H18FN3O3S/c1-11-17(15-10-13(19)4-7-16(15)22-11)18(23)21-9-8-12-2-5-14(6-3-12)26(20,24)25/h2-7,10,22H,8-9H2,1H3,(H,21,23)(H2,20,24,25). The first kappa shape index (κ1) is 18.1. The molecule has 0 fully saturated rings. The van der Waals surface area contributed by atoms with Gasteiger partial charge in [0.05, 0.1) is 10.5 Å². The lowest BCUT2D eigenvalue weighted by molar-refractivity contribution is 0.0955. The maximum absolute atomic E-state index is 13.5. The maximum Gasteiger partial charge on any atom is 0.253 e. The van der Waals surface area contributed by atoms with Gasteiger partial charge < -0.3 is 10.3 Å². The molecule has 0 radical (unpaired) electrons. The molecule has 26 heavy (non-hydrogen) atoms. The molecule has 1 amide bonds. The summed E-state index contributed by atoms with van der Waals surface area (Å²) < 4.78 is 35.9. The second-order valence-corrected chi connectivity index (χ2v) is 7.57. The van der Waals surface area contributed by atoms with Crippen LogP contribution in [0.1, 0.15) is 21.6 Å². The van der Waals surface area contributed by atoms with Crippen LogP contribution in [0.4, 0.5) is 4.39 Å². The highest BCUT2D eigenvalue weighted by molar-refractivity contribution is 7.89. The third-order valence-corrected chi connectivity index (χ3v) is 5.06. The number of aryl methyl sites for hydroxylation is 1. The van der Waals surface area contributed by atoms with Gasteiger partial charge in [-0.3, -0.25) is 4.79 Å². The van der Waals surface area contributed by atoms with Gasteiger partial charge in [-0.25, -0.2) is 17.9 Å². The van der Waals surface area contributed by atoms with Crippen molar-refractivity contribution in [2.45, 2.75) is 18.2 Å². The van der Waals surface area contributed by atoms with Crippen molar-refractivity contribution in [3.8, 4) is 0 Å². The molecule has 0 saturated carbocycles. The van der Waals surface area contributed by atoms with Crippen LogP contribution in [0.3, 0.4) is 0 Å². The van der Waals surface area contributed by atoms with Gasteiger partial charge in [-0.1, -0.05) is 12.1 Å². The summed E-state index contributed by atoms with van der Waals surface area (Å²) in [5, 5.41) is 8.40. The Morgan fingerprint density at radius 3 is 2.54 bits per heavy atom. The number of aromatic nitrogens is 1. The van der Waals surface area contributed by atoms with Gasteiger partial charge in [0, 0.05) is 23.1 Å². The summed E-state index contributed by atoms with van der Waals surface area (Å²) in [6.07, 6.45) is 0.520. The van der Waals surface area contributed by atoms with E-state index in [1.165, 1.54) is 24.3 Å². The summed E-state index contributed by atoms with van der Waals surface area (Å²) in [6.45, 7) is 2.12. The zero-order chi connectivity index (χ0) is 18.9. The monoisotopic (exact) mass is 375 g/mol. The normalized spacial score (nSPS) is 11.7. The van der Waals surface area contributed by atoms with E-state index in [1.807, 2.05) is 0 Å². The van der Waals surface area contributed by atoms with E-state index in [0.717, 1.165) is 5.56 Å². The highest BCUT2D eigenvalue weighted by Crippen LogP contribution is 2.23. The van der Waals surface area contributed by atoms with E-state index in [9.17, 15) is 17.6 Å². The van der Waals surface area contributed by atoms with E-state index in [0.29, 0.717) is 35.1 Å². The second kappa shape index (κ2) is 6.89. The molecule has 0 aliphatic heterocycles. The Morgan fingerprint density at radius 1 is 1.19 bits per heavy atom. The third-order valence-electron chi connectivity index (χ3n) is 4.13. The summed E-state index contributed by atoms with van der Waals surface area (Å²) in [7, 11) is -3.72. The van der Waals surface area contributed by atoms with Crippen LogP contribution in [0.5, 0.6) is 0 Å². The Bertz CT molecular complexity index is 1070. The number of aromatic amines is 1. The van der Waals surface area contributed by atoms with Crippen molar-refractivity contribution in [3.63, 3.8) is 0 Å². The first-order chi connectivity index (χ1) is 12.3. The summed E-state index contributed by atoms with van der Waals surface area (Å²) in [5.74, 6) is -0.694. The molecule has 0 atom stereocenters. The molecule has 4 N–H and O–H groups in total. The first-order valence-corrected chi connectivity index (χ1v) is 9.48. The lowest BCUT2D eigenvalue weighted by Gasteiger charge is -2.06. The number of rotatable bonds is 5. The predicted octanol–water partition coefficient (Wildman–Crippen LogP) is 2.24. The van der Waals surface area contributed by atoms with Crippen LogP contribution in [0.15, 0.2) is 47.4 Å². The molecule has 0 unspecified atom stereocenters. The van der Waals surface area contributed by atoms with Gasteiger partial charge in [-0.2, -0.15) is 0 Å². The van der Waals surface area contributed by atoms with Gasteiger partial charge >= 0.3 is 0 Å². The molecule has 0 spiro atoms. The van der Waals surface area contributed by atoms with E-state index in [-0.39, 0.29) is 10.8 Å². The molecule has 3 aromatic rings. The molecular formula is C18H18FN3O3S. The Morgan fingerprint density at radius 2 is 1.88 bits per heavy atom. The van der Waals surface area contributed by atoms with Crippen LogP contribution in [0.25, 0.3) is 10.9 Å². The molecule has 2 aromatic carbocycles. The van der Waals surface area contributed by atoms with Crippen LogP contribution in [0.2, 0.25) is 0 Å². The number of nitrogens with two attached hydrogens (primary N) is 1. The zero-order valence-corrected chi connectivity index (χ0v) is 14.9. The fourth-order valence-electron chi connectivity index (χ4n) is 2.85. The highest BCUT2D eigenvalue weighted by Gasteiger charge is 2.16. The number of fused-ring (bicyclic) bond motifs is 1. The molecule has 0 aliphatic carbocycles. The molecule has 1 heterocycles. The number of hydrogen-bond donors (Lipinski definition) is 3. The third kappa shape index (κ3) is 3.76. The molecule has 8 heteroatoms. The molecule has 1 aromatic heterocycles. The van der Waals surface area contributed by atoms with Gasteiger partial charge in [0.1, 0.15) is 5.82 Å². The number of carbonyl (C=O) groups excluding carboxylic acids is 1. The number of halogens is 1. The van der Waals surface area contributed by atoms with Crippen LogP contribution < -0.4 is 10.5 Å². The number of nitrogens with one attached hydrogen (secondary N) is 2. The van der Waals surface area contributed by atoms with Gasteiger partial charge in [-0.05, 0) is 49.2 Å². The average Bonchev–Trinajstić information content (AvgIpc) is 2.89. The number of amides is 1. The fourth-order valence-corrected chi connectivity index (χ4v) is 3.36. The number of benzene rings is 2. The summed E-state index contributed by atoms with van der Waals surface area (Å²) in [4.78, 5) is 15.6. The molecular weight excluding hydrogens is 357 g/mol. The Hall–Kier alpha value is -2.71. The quantitative estimate of drug-likeness (QED) is 0.637. The largest absolute Gasteiger partial charge is 0.358 e. The topological polar surface area (TPSA) is 105 Å². The van der Waals surface area contributed by atoms with Gasteiger partial charge in [0.2, 0.25) is 10.0 Å². The van der Waals surface area contributed by atoms with Crippen molar-refractivity contribution < 1.29 is 17.6 Å². The lowest BCUT2D eigenvalue weighted by Crippen LogP contribution is -2.26. The van der Waals surface area contributed by atoms with E-state index in [4.69, 9.17) is 5.14 Å². The molecule has 0 bridgehead atoms. The minimum Gasteiger partial charge on any atom is -0.358 e. The summed E-state index contributed by atoms with van der Waals surface area (Å²) >= 11 is 0. The van der Waals surface area contributed by atoms with Crippen molar-refractivity contribution in [2.75, 3.05) is 6.54 Å². The molecule has 136 valence electrons. The lowest BCUT2D eigenvalue weighted by atomic mass is 10.1. The van der Waals surface area contributed by atoms with Gasteiger partial charge in [0.25, 0.3) is 5.91 Å². The van der Waals surface area contributed by atoms with Gasteiger partial charge in [-0.15, -0.1) is 0 Å². The van der Waals surface area contributed by atoms with Crippen LogP contribution in [-0.2, 0) is 16.4 Å². The minimum atomic E-state index is -3.72. The highest BCUT2D eigenvalue weighted by atomic mass is 32.2. The maximum atomic E-state index is 13.5. The van der Waals surface area contributed by atoms with Crippen LogP contribution in [0, 0.1) is 12.7 Å². The Balaban J connectivity index is 1.68. The number of sulfonamides is 1. The number of carbonyl (C=O) groups is 1. The molecule has 3 rings (SSSR count). The van der Waals surface area contributed by atoms with E-state index >= 15 is 0 Å². The molecule has 6 nitrogen and oxygen atoms in total. The summed E-state index contributed by atoms with van der Waals surface area (Å²) in [6, 6.07) is 10.4. The Labute approximate surface area is 150 Å². The van der Waals surface area contributed by atoms with Crippen molar-refractivity contribution in [3.05, 3.63) is 65.1 Å². The van der Waals surface area contributed by atoms with Crippen molar-refractivity contribution in [1.29, 1.82) is 0 Å². The van der Waals surface area contributed by atoms with Crippen LogP contribution >= 0.6 is 0 Å². The van der Waals surface area contributed by atoms with E-state index < -0.39 is 15.8 Å². The van der Waals surface area contributed by atoms with Crippen LogP contribution in [-0.4, -0.2) is 25.9 Å². The second-order valence-electron chi connectivity index (χ2n) is 6.01. The first-order valence-electron chi connectivity index (χ1n) is 7.93. The van der Waals surface area contributed by atoms with E-state index in [2.05, 4.69) is 10.3 Å². The number of H-pyrrole nitrogens is 1. The summed E-state index contributed by atoms with van der Waals surface area (Å²) in [5.41, 5.74) is 2.65. The van der Waals surface area contributed by atoms with Gasteiger partial charge in [0.15, 0.2) is 0 Å². The fraction of sp³-hybridized carbons (Fsp3) is 0.167. The minimum absolute atomic E-state index is 0.0433. The van der Waals surface area contributed by atoms with Crippen molar-refractivity contribution in [2.24, 2.45) is 5.14 Å². The van der Waals surface area contributed by atoms with Crippen molar-refractivity contribution >= 4 is 26.8 Å². The Kier molecular flexibility index (Phi) is 4.80. The zero-order valence-electron chi connectivity index (χ0n) is 14.0. The van der Waals surface area contributed by atoms with Crippen molar-refractivity contribution in [1.82, 2.24) is 10.3 Å². The number of hydrogen-bond acceptors (Lipinski definition) is 3. The number of primary sulfonamides is 1. The molecule has 0 aliphatic rings. The molecule has 0 saturated heterocycles. The smallest absolute Gasteiger partial charge is 0.253 e. The average molecular weight is 375 g/mol. The SMILES string of the molecule is Cc1[nH]c2ccc(F)cc2c1C(=O)NCCc1ccc(S(N)(=O)=O)cc1. The predicted molar refractivity (Wildman–Crippen MR) is 96.8 cm³/mol.